The van der Waals surface area contributed by atoms with E-state index in [4.69, 9.17) is 0 Å². The topological polar surface area (TPSA) is 15.3 Å². The van der Waals surface area contributed by atoms with Crippen LogP contribution in [0.15, 0.2) is 0 Å². The molecule has 2 nitrogen and oxygen atoms in total. The molecule has 1 heterocycles. The molecule has 1 saturated heterocycles. The molecule has 2 rings (SSSR count). The lowest BCUT2D eigenvalue weighted by Gasteiger charge is -2.34. The lowest BCUT2D eigenvalue weighted by molar-refractivity contribution is -0.148. The lowest BCUT2D eigenvalue weighted by atomic mass is 10.0. The van der Waals surface area contributed by atoms with Crippen molar-refractivity contribution in [3.05, 3.63) is 0 Å². The van der Waals surface area contributed by atoms with Crippen LogP contribution in [0.2, 0.25) is 0 Å². The van der Waals surface area contributed by atoms with Crippen LogP contribution in [-0.2, 0) is 0 Å². The van der Waals surface area contributed by atoms with Gasteiger partial charge in [-0.3, -0.25) is 4.90 Å². The van der Waals surface area contributed by atoms with Gasteiger partial charge in [0.1, 0.15) is 0 Å². The van der Waals surface area contributed by atoms with Gasteiger partial charge in [-0.2, -0.15) is 13.2 Å². The first-order valence-corrected chi connectivity index (χ1v) is 7.58. The Morgan fingerprint density at radius 1 is 0.842 bits per heavy atom. The molecule has 1 aliphatic heterocycles. The largest absolute Gasteiger partial charge is 0.401 e. The molecule has 0 aromatic carbocycles. The maximum absolute atomic E-state index is 12.3. The first kappa shape index (κ1) is 15.1. The average molecular weight is 278 g/mol. The van der Waals surface area contributed by atoms with Gasteiger partial charge in [0.05, 0.1) is 6.54 Å². The Hall–Kier alpha value is -0.290. The van der Waals surface area contributed by atoms with Crippen LogP contribution in [-0.4, -0.2) is 42.8 Å². The van der Waals surface area contributed by atoms with Gasteiger partial charge in [0.2, 0.25) is 0 Å². The molecule has 19 heavy (non-hydrogen) atoms. The van der Waals surface area contributed by atoms with Gasteiger partial charge in [-0.25, -0.2) is 0 Å². The molecule has 1 saturated carbocycles. The molecule has 2 fully saturated rings. The number of piperidine rings is 1. The van der Waals surface area contributed by atoms with Gasteiger partial charge in [0.25, 0.3) is 0 Å². The average Bonchev–Trinajstić information content (AvgIpc) is 2.58. The molecule has 0 aromatic rings. The van der Waals surface area contributed by atoms with Crippen molar-refractivity contribution in [2.24, 2.45) is 0 Å². The quantitative estimate of drug-likeness (QED) is 0.797. The van der Waals surface area contributed by atoms with Crippen molar-refractivity contribution < 1.29 is 13.2 Å². The van der Waals surface area contributed by atoms with Crippen molar-refractivity contribution in [3.8, 4) is 0 Å². The van der Waals surface area contributed by atoms with Crippen molar-refractivity contribution in [3.63, 3.8) is 0 Å². The highest BCUT2D eigenvalue weighted by Gasteiger charge is 2.32. The van der Waals surface area contributed by atoms with E-state index in [1.807, 2.05) is 0 Å². The smallest absolute Gasteiger partial charge is 0.311 e. The second-order valence-electron chi connectivity index (χ2n) is 6.02. The molecular weight excluding hydrogens is 253 g/mol. The minimum Gasteiger partial charge on any atom is -0.311 e. The summed E-state index contributed by atoms with van der Waals surface area (Å²) in [4.78, 5) is 1.53. The summed E-state index contributed by atoms with van der Waals surface area (Å²) >= 11 is 0. The fourth-order valence-electron chi connectivity index (χ4n) is 3.29. The molecule has 0 amide bonds. The van der Waals surface area contributed by atoms with Gasteiger partial charge in [0, 0.05) is 12.1 Å². The van der Waals surface area contributed by atoms with Crippen molar-refractivity contribution in [1.29, 1.82) is 0 Å². The molecule has 0 aromatic heterocycles. The van der Waals surface area contributed by atoms with E-state index in [-0.39, 0.29) is 0 Å². The molecule has 1 N–H and O–H groups in total. The zero-order valence-corrected chi connectivity index (χ0v) is 11.5. The summed E-state index contributed by atoms with van der Waals surface area (Å²) in [5.74, 6) is 0. The Morgan fingerprint density at radius 3 is 1.89 bits per heavy atom. The number of alkyl halides is 3. The maximum Gasteiger partial charge on any atom is 0.401 e. The Labute approximate surface area is 113 Å². The minimum absolute atomic E-state index is 0.424. The maximum atomic E-state index is 12.3. The van der Waals surface area contributed by atoms with E-state index in [1.54, 1.807) is 0 Å². The molecule has 112 valence electrons. The molecule has 5 heteroatoms. The van der Waals surface area contributed by atoms with Crippen LogP contribution in [0.5, 0.6) is 0 Å². The van der Waals surface area contributed by atoms with Crippen LogP contribution in [0.25, 0.3) is 0 Å². The number of hydrogen-bond acceptors (Lipinski definition) is 2. The van der Waals surface area contributed by atoms with E-state index in [9.17, 15) is 13.2 Å². The number of nitrogens with one attached hydrogen (secondary N) is 1. The fraction of sp³-hybridized carbons (Fsp3) is 1.00. The van der Waals surface area contributed by atoms with Gasteiger partial charge >= 0.3 is 6.18 Å². The Bertz CT molecular complexity index is 252. The van der Waals surface area contributed by atoms with Crippen molar-refractivity contribution in [2.45, 2.75) is 69.6 Å². The zero-order valence-electron chi connectivity index (χ0n) is 11.5. The molecule has 0 spiro atoms. The highest BCUT2D eigenvalue weighted by atomic mass is 19.4. The highest BCUT2D eigenvalue weighted by molar-refractivity contribution is 4.82. The summed E-state index contributed by atoms with van der Waals surface area (Å²) in [6, 6.07) is 1.02. The van der Waals surface area contributed by atoms with Gasteiger partial charge in [0.15, 0.2) is 0 Å². The third-order valence-corrected chi connectivity index (χ3v) is 4.32. The third-order valence-electron chi connectivity index (χ3n) is 4.32. The van der Waals surface area contributed by atoms with E-state index in [2.05, 4.69) is 5.32 Å². The Balaban J connectivity index is 1.68. The fourth-order valence-corrected chi connectivity index (χ4v) is 3.29. The van der Waals surface area contributed by atoms with Crippen molar-refractivity contribution in [1.82, 2.24) is 10.2 Å². The van der Waals surface area contributed by atoms with E-state index < -0.39 is 12.7 Å². The normalized spacial score (nSPS) is 25.4. The first-order chi connectivity index (χ1) is 9.03. The summed E-state index contributed by atoms with van der Waals surface area (Å²) in [7, 11) is 0. The molecule has 2 aliphatic rings. The zero-order chi connectivity index (χ0) is 13.7. The standard InChI is InChI=1S/C14H25F3N2/c15-14(16,17)11-19-9-7-13(8-10-19)18-12-5-3-1-2-4-6-12/h12-13,18H,1-11H2. The molecule has 0 atom stereocenters. The summed E-state index contributed by atoms with van der Waals surface area (Å²) in [5, 5.41) is 3.67. The van der Waals surface area contributed by atoms with Crippen LogP contribution in [0, 0.1) is 0 Å². The van der Waals surface area contributed by atoms with Gasteiger partial charge < -0.3 is 5.32 Å². The number of likely N-dealkylation sites (tertiary alicyclic amines) is 1. The number of halogens is 3. The summed E-state index contributed by atoms with van der Waals surface area (Å²) in [6.45, 7) is 0.400. The predicted molar refractivity (Wildman–Crippen MR) is 70.1 cm³/mol. The molecule has 0 unspecified atom stereocenters. The Kier molecular flexibility index (Phi) is 5.51. The van der Waals surface area contributed by atoms with E-state index in [0.717, 1.165) is 12.8 Å². The second kappa shape index (κ2) is 6.93. The van der Waals surface area contributed by atoms with Crippen molar-refractivity contribution in [2.75, 3.05) is 19.6 Å². The van der Waals surface area contributed by atoms with Crippen LogP contribution in [0.4, 0.5) is 13.2 Å². The molecule has 1 aliphatic carbocycles. The SMILES string of the molecule is FC(F)(F)CN1CCC(NC2CCCCCC2)CC1. The predicted octanol–water partition coefficient (Wildman–Crippen LogP) is 3.33. The monoisotopic (exact) mass is 278 g/mol. The van der Waals surface area contributed by atoms with Gasteiger partial charge in [-0.1, -0.05) is 25.7 Å². The van der Waals surface area contributed by atoms with E-state index in [0.29, 0.717) is 25.2 Å². The number of nitrogens with zero attached hydrogens (tertiary/aromatic N) is 1. The first-order valence-electron chi connectivity index (χ1n) is 7.58. The van der Waals surface area contributed by atoms with Crippen LogP contribution in [0.3, 0.4) is 0 Å². The highest BCUT2D eigenvalue weighted by Crippen LogP contribution is 2.22. The van der Waals surface area contributed by atoms with Crippen molar-refractivity contribution >= 4 is 0 Å². The van der Waals surface area contributed by atoms with Gasteiger partial charge in [-0.05, 0) is 38.8 Å². The molecule has 0 bridgehead atoms. The number of rotatable bonds is 3. The van der Waals surface area contributed by atoms with E-state index in [1.165, 1.54) is 43.4 Å². The van der Waals surface area contributed by atoms with Crippen LogP contribution >= 0.6 is 0 Å². The summed E-state index contributed by atoms with van der Waals surface area (Å²) in [5.41, 5.74) is 0. The third kappa shape index (κ3) is 5.69. The lowest BCUT2D eigenvalue weighted by Crippen LogP contribution is -2.48. The summed E-state index contributed by atoms with van der Waals surface area (Å²) < 4.78 is 36.9. The minimum atomic E-state index is -4.05. The molecule has 0 radical (unpaired) electrons. The second-order valence-corrected chi connectivity index (χ2v) is 6.02. The summed E-state index contributed by atoms with van der Waals surface area (Å²) in [6.07, 6.45) is 5.39. The van der Waals surface area contributed by atoms with Crippen LogP contribution in [0.1, 0.15) is 51.4 Å². The Morgan fingerprint density at radius 2 is 1.37 bits per heavy atom. The van der Waals surface area contributed by atoms with Gasteiger partial charge in [-0.15, -0.1) is 0 Å². The van der Waals surface area contributed by atoms with E-state index >= 15 is 0 Å². The number of hydrogen-bond donors (Lipinski definition) is 1. The molecular formula is C14H25F3N2. The van der Waals surface area contributed by atoms with Crippen LogP contribution < -0.4 is 5.32 Å².